The van der Waals surface area contributed by atoms with Gasteiger partial charge >= 0.3 is 0 Å². The van der Waals surface area contributed by atoms with Crippen LogP contribution in [0.25, 0.3) is 0 Å². The highest BCUT2D eigenvalue weighted by molar-refractivity contribution is 14.1. The van der Waals surface area contributed by atoms with E-state index in [4.69, 9.17) is 10.5 Å². The first-order valence-corrected chi connectivity index (χ1v) is 7.79. The Morgan fingerprint density at radius 1 is 1.32 bits per heavy atom. The van der Waals surface area contributed by atoms with Crippen molar-refractivity contribution in [3.63, 3.8) is 0 Å². The number of hydrogen-bond donors (Lipinski definition) is 2. The van der Waals surface area contributed by atoms with Crippen LogP contribution in [0.2, 0.25) is 0 Å². The van der Waals surface area contributed by atoms with Gasteiger partial charge in [-0.15, -0.1) is 0 Å². The molecule has 1 heterocycles. The van der Waals surface area contributed by atoms with Crippen LogP contribution in [0.1, 0.15) is 18.1 Å². The monoisotopic (exact) mass is 376 g/mol. The molecule has 2 rings (SSSR count). The second-order valence-electron chi connectivity index (χ2n) is 5.01. The summed E-state index contributed by atoms with van der Waals surface area (Å²) in [4.78, 5) is 2.33. The van der Waals surface area contributed by atoms with Gasteiger partial charge in [-0.3, -0.25) is 4.90 Å². The minimum absolute atomic E-state index is 0.158. The van der Waals surface area contributed by atoms with Crippen molar-refractivity contribution in [2.45, 2.75) is 29.9 Å². The predicted octanol–water partition coefficient (Wildman–Crippen LogP) is 1.82. The molecule has 0 fully saturated rings. The molecule has 0 saturated carbocycles. The fraction of sp³-hybridized carbons (Fsp3) is 0.571. The minimum atomic E-state index is -0.318. The summed E-state index contributed by atoms with van der Waals surface area (Å²) in [6.45, 7) is 3.76. The quantitative estimate of drug-likeness (QED) is 0.366. The molecule has 0 spiro atoms. The number of nitrogens with zero attached hydrogens (tertiary/aromatic N) is 1. The van der Waals surface area contributed by atoms with E-state index in [9.17, 15) is 5.11 Å². The third-order valence-electron chi connectivity index (χ3n) is 3.64. The highest BCUT2D eigenvalue weighted by atomic mass is 127. The Labute approximate surface area is 128 Å². The Kier molecular flexibility index (Phi) is 4.92. The van der Waals surface area contributed by atoms with Crippen LogP contribution in [-0.2, 0) is 12.8 Å². The number of anilines is 1. The van der Waals surface area contributed by atoms with Crippen molar-refractivity contribution in [3.8, 4) is 5.75 Å². The summed E-state index contributed by atoms with van der Waals surface area (Å²) in [5.41, 5.74) is 9.28. The molecule has 3 N–H and O–H groups in total. The first kappa shape index (κ1) is 14.9. The number of aliphatic hydroxyl groups is 1. The van der Waals surface area contributed by atoms with E-state index < -0.39 is 0 Å². The number of nitrogen functional groups attached to an aromatic ring is 1. The Morgan fingerprint density at radius 3 is 2.42 bits per heavy atom. The lowest BCUT2D eigenvalue weighted by atomic mass is 10.0. The van der Waals surface area contributed by atoms with Gasteiger partial charge in [-0.05, 0) is 43.0 Å². The smallest absolute Gasteiger partial charge is 0.142 e. The lowest BCUT2D eigenvalue weighted by Crippen LogP contribution is -2.39. The Bertz CT molecular complexity index is 451. The Hall–Kier alpha value is -0.530. The average Bonchev–Trinajstić information content (AvgIpc) is 2.58. The topological polar surface area (TPSA) is 58.7 Å². The first-order chi connectivity index (χ1) is 9.02. The van der Waals surface area contributed by atoms with Gasteiger partial charge in [0, 0.05) is 13.1 Å². The Balaban J connectivity index is 2.18. The summed E-state index contributed by atoms with van der Waals surface area (Å²) >= 11 is 2.31. The van der Waals surface area contributed by atoms with Crippen LogP contribution < -0.4 is 10.5 Å². The van der Waals surface area contributed by atoms with Crippen LogP contribution >= 0.6 is 22.6 Å². The molecule has 0 aromatic heterocycles. The number of hydrogen-bond acceptors (Lipinski definition) is 4. The van der Waals surface area contributed by atoms with E-state index in [-0.39, 0.29) is 10.2 Å². The Morgan fingerprint density at radius 2 is 1.89 bits per heavy atom. The summed E-state index contributed by atoms with van der Waals surface area (Å²) in [5, 5.41) is 9.72. The largest absolute Gasteiger partial charge is 0.495 e. The number of halogens is 1. The SMILES string of the molecule is COc1cc2c(cc1N)CCN([C@H](I)C(C)O)CC2. The van der Waals surface area contributed by atoms with Crippen LogP contribution in [-0.4, -0.2) is 40.4 Å². The van der Waals surface area contributed by atoms with Gasteiger partial charge in [0.25, 0.3) is 0 Å². The second kappa shape index (κ2) is 6.28. The molecule has 0 radical (unpaired) electrons. The van der Waals surface area contributed by atoms with Crippen LogP contribution in [0.3, 0.4) is 0 Å². The average molecular weight is 376 g/mol. The number of fused-ring (bicyclic) bond motifs is 1. The molecular weight excluding hydrogens is 355 g/mol. The molecule has 1 aliphatic rings. The van der Waals surface area contributed by atoms with Gasteiger partial charge < -0.3 is 15.6 Å². The normalized spacial score (nSPS) is 19.4. The molecule has 1 aromatic rings. The van der Waals surface area contributed by atoms with Crippen LogP contribution in [0.5, 0.6) is 5.75 Å². The molecule has 2 atom stereocenters. The van der Waals surface area contributed by atoms with E-state index in [1.807, 2.05) is 13.0 Å². The van der Waals surface area contributed by atoms with Crippen molar-refractivity contribution in [1.29, 1.82) is 0 Å². The zero-order valence-corrected chi connectivity index (χ0v) is 13.6. The van der Waals surface area contributed by atoms with Crippen molar-refractivity contribution < 1.29 is 9.84 Å². The molecule has 1 aliphatic heterocycles. The maximum Gasteiger partial charge on any atom is 0.142 e. The van der Waals surface area contributed by atoms with Crippen molar-refractivity contribution in [2.24, 2.45) is 0 Å². The third kappa shape index (κ3) is 3.32. The van der Waals surface area contributed by atoms with Crippen LogP contribution in [0, 0.1) is 0 Å². The van der Waals surface area contributed by atoms with Crippen LogP contribution in [0.4, 0.5) is 5.69 Å². The molecule has 106 valence electrons. The molecular formula is C14H21IN2O2. The molecule has 19 heavy (non-hydrogen) atoms. The maximum atomic E-state index is 9.72. The second-order valence-corrected chi connectivity index (χ2v) is 6.29. The number of benzene rings is 1. The van der Waals surface area contributed by atoms with Gasteiger partial charge in [-0.2, -0.15) is 0 Å². The van der Waals surface area contributed by atoms with Gasteiger partial charge in [-0.25, -0.2) is 0 Å². The highest BCUT2D eigenvalue weighted by Gasteiger charge is 2.23. The van der Waals surface area contributed by atoms with Crippen molar-refractivity contribution in [2.75, 3.05) is 25.9 Å². The molecule has 0 bridgehead atoms. The number of aliphatic hydroxyl groups excluding tert-OH is 1. The summed E-state index contributed by atoms with van der Waals surface area (Å²) < 4.78 is 5.44. The summed E-state index contributed by atoms with van der Waals surface area (Å²) in [7, 11) is 1.65. The van der Waals surface area contributed by atoms with Crippen LogP contribution in [0.15, 0.2) is 12.1 Å². The molecule has 1 aromatic carbocycles. The van der Waals surface area contributed by atoms with Crippen molar-refractivity contribution in [3.05, 3.63) is 23.3 Å². The van der Waals surface area contributed by atoms with E-state index >= 15 is 0 Å². The van der Waals surface area contributed by atoms with E-state index in [1.165, 1.54) is 11.1 Å². The summed E-state index contributed by atoms with van der Waals surface area (Å²) in [6, 6.07) is 4.08. The number of rotatable bonds is 3. The van der Waals surface area contributed by atoms with E-state index in [1.54, 1.807) is 7.11 Å². The lowest BCUT2D eigenvalue weighted by Gasteiger charge is -2.27. The van der Waals surface area contributed by atoms with Gasteiger partial charge in [0.15, 0.2) is 0 Å². The fourth-order valence-corrected chi connectivity index (χ4v) is 3.08. The first-order valence-electron chi connectivity index (χ1n) is 6.54. The number of alkyl halides is 1. The molecule has 0 saturated heterocycles. The fourth-order valence-electron chi connectivity index (χ4n) is 2.52. The van der Waals surface area contributed by atoms with Crippen molar-refractivity contribution in [1.82, 2.24) is 4.90 Å². The van der Waals surface area contributed by atoms with E-state index in [0.717, 1.165) is 31.7 Å². The van der Waals surface area contributed by atoms with E-state index in [0.29, 0.717) is 5.69 Å². The molecule has 0 aliphatic carbocycles. The van der Waals surface area contributed by atoms with Gasteiger partial charge in [0.05, 0.1) is 22.9 Å². The third-order valence-corrected chi connectivity index (χ3v) is 5.46. The molecule has 1 unspecified atom stereocenters. The number of methoxy groups -OCH3 is 1. The highest BCUT2D eigenvalue weighted by Crippen LogP contribution is 2.29. The van der Waals surface area contributed by atoms with E-state index in [2.05, 4.69) is 33.6 Å². The van der Waals surface area contributed by atoms with Crippen molar-refractivity contribution >= 4 is 28.3 Å². The lowest BCUT2D eigenvalue weighted by molar-refractivity contribution is 0.119. The maximum absolute atomic E-state index is 9.72. The van der Waals surface area contributed by atoms with Gasteiger partial charge in [-0.1, -0.05) is 22.6 Å². The molecule has 0 amide bonds. The summed E-state index contributed by atoms with van der Waals surface area (Å²) in [6.07, 6.45) is 1.62. The summed E-state index contributed by atoms with van der Waals surface area (Å²) in [5.74, 6) is 0.758. The zero-order chi connectivity index (χ0) is 14.0. The molecule has 5 heteroatoms. The number of nitrogens with two attached hydrogens (primary N) is 1. The minimum Gasteiger partial charge on any atom is -0.495 e. The van der Waals surface area contributed by atoms with Gasteiger partial charge in [0.1, 0.15) is 5.75 Å². The number of ether oxygens (including phenoxy) is 1. The molecule has 4 nitrogen and oxygen atoms in total. The predicted molar refractivity (Wildman–Crippen MR) is 85.9 cm³/mol. The zero-order valence-electron chi connectivity index (χ0n) is 11.4. The van der Waals surface area contributed by atoms with Gasteiger partial charge in [0.2, 0.25) is 0 Å². The standard InChI is InChI=1S/C14H21IN2O2/c1-9(18)14(15)17-5-3-10-7-12(16)13(19-2)8-11(10)4-6-17/h7-9,14,18H,3-6,16H2,1-2H3/t9?,14-/m0/s1.